The Hall–Kier alpha value is -0.0700. The fourth-order valence-corrected chi connectivity index (χ4v) is 3.70. The third-order valence-corrected chi connectivity index (χ3v) is 3.63. The Bertz CT molecular complexity index is 458. The maximum atomic E-state index is 11.9. The van der Waals surface area contributed by atoms with Gasteiger partial charge in [0, 0.05) is 4.47 Å². The highest BCUT2D eigenvalue weighted by Gasteiger charge is 2.24. The van der Waals surface area contributed by atoms with Crippen LogP contribution in [0.3, 0.4) is 0 Å². The summed E-state index contributed by atoms with van der Waals surface area (Å²) in [6, 6.07) is 3.70. The van der Waals surface area contributed by atoms with Crippen LogP contribution in [0.4, 0.5) is 0 Å². The van der Waals surface area contributed by atoms with Crippen LogP contribution in [0, 0.1) is 0 Å². The maximum absolute atomic E-state index is 11.9. The van der Waals surface area contributed by atoms with Gasteiger partial charge in [-0.25, -0.2) is 4.79 Å². The second kappa shape index (κ2) is 6.59. The molecular formula is C13H15Br3O3. The highest BCUT2D eigenvalue weighted by Crippen LogP contribution is 2.37. The van der Waals surface area contributed by atoms with Crippen LogP contribution in [-0.2, 0) is 9.53 Å². The second-order valence-corrected chi connectivity index (χ2v) is 7.62. The number of carbonyl (C=O) groups excluding carboxylic acids is 1. The molecule has 1 aromatic carbocycles. The van der Waals surface area contributed by atoms with E-state index in [0.717, 1.165) is 13.4 Å². The third kappa shape index (κ3) is 5.44. The zero-order valence-electron chi connectivity index (χ0n) is 11.1. The first-order chi connectivity index (χ1) is 8.60. The van der Waals surface area contributed by atoms with Gasteiger partial charge in [-0.05, 0) is 71.7 Å². The first-order valence-corrected chi connectivity index (χ1v) is 8.02. The lowest BCUT2D eigenvalue weighted by Gasteiger charge is -2.23. The van der Waals surface area contributed by atoms with Crippen molar-refractivity contribution in [2.45, 2.75) is 39.4 Å². The molecule has 0 saturated heterocycles. The molecule has 1 aromatic rings. The predicted octanol–water partition coefficient (Wildman–Crippen LogP) is 5.08. The van der Waals surface area contributed by atoms with Gasteiger partial charge >= 0.3 is 5.97 Å². The minimum Gasteiger partial charge on any atom is -0.477 e. The van der Waals surface area contributed by atoms with Crippen molar-refractivity contribution < 1.29 is 14.3 Å². The van der Waals surface area contributed by atoms with Crippen molar-refractivity contribution in [1.82, 2.24) is 0 Å². The van der Waals surface area contributed by atoms with Gasteiger partial charge in [0.1, 0.15) is 11.4 Å². The second-order valence-electron chi connectivity index (χ2n) is 4.99. The molecule has 0 bridgehead atoms. The van der Waals surface area contributed by atoms with Crippen LogP contribution >= 0.6 is 47.8 Å². The molecule has 106 valence electrons. The fourth-order valence-electron chi connectivity index (χ4n) is 1.25. The zero-order chi connectivity index (χ0) is 14.8. The van der Waals surface area contributed by atoms with E-state index < -0.39 is 17.7 Å². The minimum atomic E-state index is -0.687. The van der Waals surface area contributed by atoms with Crippen LogP contribution in [0.1, 0.15) is 27.7 Å². The first-order valence-electron chi connectivity index (χ1n) is 5.64. The van der Waals surface area contributed by atoms with E-state index in [4.69, 9.17) is 9.47 Å². The molecule has 0 aromatic heterocycles. The van der Waals surface area contributed by atoms with E-state index in [2.05, 4.69) is 47.8 Å². The Morgan fingerprint density at radius 3 is 2.05 bits per heavy atom. The molecule has 0 heterocycles. The van der Waals surface area contributed by atoms with Crippen LogP contribution in [0.15, 0.2) is 25.6 Å². The van der Waals surface area contributed by atoms with Crippen LogP contribution < -0.4 is 4.74 Å². The summed E-state index contributed by atoms with van der Waals surface area (Å²) in [5.41, 5.74) is -0.525. The summed E-state index contributed by atoms with van der Waals surface area (Å²) in [7, 11) is 0. The summed E-state index contributed by atoms with van der Waals surface area (Å²) in [5, 5.41) is 0. The molecule has 0 N–H and O–H groups in total. The van der Waals surface area contributed by atoms with Crippen molar-refractivity contribution in [3.8, 4) is 5.75 Å². The van der Waals surface area contributed by atoms with Crippen molar-refractivity contribution in [1.29, 1.82) is 0 Å². The smallest absolute Gasteiger partial charge is 0.347 e. The largest absolute Gasteiger partial charge is 0.477 e. The van der Waals surface area contributed by atoms with Gasteiger partial charge in [0.15, 0.2) is 6.10 Å². The maximum Gasteiger partial charge on any atom is 0.347 e. The van der Waals surface area contributed by atoms with Crippen LogP contribution in [0.5, 0.6) is 5.75 Å². The molecular weight excluding hydrogens is 444 g/mol. The standard InChI is InChI=1S/C13H15Br3O3/c1-7(12(17)19-13(2,3)4)18-11-9(15)5-8(14)6-10(11)16/h5-7H,1-4H3. The van der Waals surface area contributed by atoms with Crippen molar-refractivity contribution in [3.63, 3.8) is 0 Å². The molecule has 1 atom stereocenters. The van der Waals surface area contributed by atoms with E-state index in [0.29, 0.717) is 5.75 Å². The van der Waals surface area contributed by atoms with Gasteiger partial charge in [0.2, 0.25) is 0 Å². The monoisotopic (exact) mass is 456 g/mol. The Kier molecular flexibility index (Phi) is 5.89. The quantitative estimate of drug-likeness (QED) is 0.592. The van der Waals surface area contributed by atoms with Gasteiger partial charge in [-0.1, -0.05) is 15.9 Å². The number of rotatable bonds is 3. The lowest BCUT2D eigenvalue weighted by molar-refractivity contribution is -0.162. The predicted molar refractivity (Wildman–Crippen MR) is 85.5 cm³/mol. The average Bonchev–Trinajstić information content (AvgIpc) is 2.20. The van der Waals surface area contributed by atoms with Crippen molar-refractivity contribution in [3.05, 3.63) is 25.6 Å². The lowest BCUT2D eigenvalue weighted by Crippen LogP contribution is -2.33. The summed E-state index contributed by atoms with van der Waals surface area (Å²) in [6.07, 6.45) is -0.687. The SMILES string of the molecule is CC(Oc1c(Br)cc(Br)cc1Br)C(=O)OC(C)(C)C. The van der Waals surface area contributed by atoms with E-state index in [1.54, 1.807) is 6.92 Å². The van der Waals surface area contributed by atoms with Crippen molar-refractivity contribution >= 4 is 53.8 Å². The molecule has 0 aliphatic heterocycles. The van der Waals surface area contributed by atoms with E-state index in [-0.39, 0.29) is 0 Å². The number of ether oxygens (including phenoxy) is 2. The highest BCUT2D eigenvalue weighted by molar-refractivity contribution is 9.11. The summed E-state index contributed by atoms with van der Waals surface area (Å²) < 4.78 is 13.3. The molecule has 1 unspecified atom stereocenters. The lowest BCUT2D eigenvalue weighted by atomic mass is 10.2. The van der Waals surface area contributed by atoms with Gasteiger partial charge in [0.25, 0.3) is 0 Å². The number of esters is 1. The number of hydrogen-bond donors (Lipinski definition) is 0. The van der Waals surface area contributed by atoms with E-state index >= 15 is 0 Å². The Morgan fingerprint density at radius 2 is 1.63 bits per heavy atom. The van der Waals surface area contributed by atoms with Crippen LogP contribution in [0.2, 0.25) is 0 Å². The van der Waals surface area contributed by atoms with E-state index in [1.807, 2.05) is 32.9 Å². The van der Waals surface area contributed by atoms with E-state index in [9.17, 15) is 4.79 Å². The number of hydrogen-bond acceptors (Lipinski definition) is 3. The Morgan fingerprint density at radius 1 is 1.16 bits per heavy atom. The fraction of sp³-hybridized carbons (Fsp3) is 0.462. The van der Waals surface area contributed by atoms with Gasteiger partial charge < -0.3 is 9.47 Å². The van der Waals surface area contributed by atoms with Crippen LogP contribution in [-0.4, -0.2) is 17.7 Å². The average molecular weight is 459 g/mol. The molecule has 0 saturated carbocycles. The molecule has 0 amide bonds. The minimum absolute atomic E-state index is 0.394. The molecule has 3 nitrogen and oxygen atoms in total. The molecule has 0 spiro atoms. The summed E-state index contributed by atoms with van der Waals surface area (Å²) >= 11 is 10.2. The zero-order valence-corrected chi connectivity index (χ0v) is 15.8. The molecule has 0 fully saturated rings. The summed E-state index contributed by atoms with van der Waals surface area (Å²) in [5.74, 6) is 0.177. The molecule has 19 heavy (non-hydrogen) atoms. The number of benzene rings is 1. The molecule has 6 heteroatoms. The topological polar surface area (TPSA) is 35.5 Å². The van der Waals surface area contributed by atoms with Crippen LogP contribution in [0.25, 0.3) is 0 Å². The van der Waals surface area contributed by atoms with E-state index in [1.165, 1.54) is 0 Å². The molecule has 0 aliphatic rings. The third-order valence-electron chi connectivity index (χ3n) is 2.00. The number of carbonyl (C=O) groups is 1. The first kappa shape index (κ1) is 17.0. The Balaban J connectivity index is 2.83. The highest BCUT2D eigenvalue weighted by atomic mass is 79.9. The number of halogens is 3. The van der Waals surface area contributed by atoms with Gasteiger partial charge in [-0.3, -0.25) is 0 Å². The van der Waals surface area contributed by atoms with Gasteiger partial charge in [-0.2, -0.15) is 0 Å². The molecule has 0 radical (unpaired) electrons. The van der Waals surface area contributed by atoms with Gasteiger partial charge in [-0.15, -0.1) is 0 Å². The Labute approximate surface area is 138 Å². The molecule has 1 rings (SSSR count). The molecule has 0 aliphatic carbocycles. The summed E-state index contributed by atoms with van der Waals surface area (Å²) in [4.78, 5) is 11.9. The van der Waals surface area contributed by atoms with Gasteiger partial charge in [0.05, 0.1) is 8.95 Å². The summed E-state index contributed by atoms with van der Waals surface area (Å²) in [6.45, 7) is 7.13. The normalized spacial score (nSPS) is 13.0. The van der Waals surface area contributed by atoms with Crippen molar-refractivity contribution in [2.75, 3.05) is 0 Å². The van der Waals surface area contributed by atoms with Crippen molar-refractivity contribution in [2.24, 2.45) is 0 Å².